The number of ether oxygens (including phenoxy) is 4. The van der Waals surface area contributed by atoms with Crippen LogP contribution in [0.1, 0.15) is 52.7 Å². The van der Waals surface area contributed by atoms with Crippen molar-refractivity contribution >= 4 is 32.0 Å². The van der Waals surface area contributed by atoms with Crippen molar-refractivity contribution in [3.05, 3.63) is 71.8 Å². The average Bonchev–Trinajstić information content (AvgIpc) is 2.98. The first-order valence-electron chi connectivity index (χ1n) is 14.6. The molecule has 0 radical (unpaired) electrons. The van der Waals surface area contributed by atoms with Crippen LogP contribution in [0.4, 0.5) is 9.59 Å². The van der Waals surface area contributed by atoms with Crippen LogP contribution in [0.25, 0.3) is 0 Å². The first-order chi connectivity index (χ1) is 21.6. The Morgan fingerprint density at radius 3 is 1.48 bits per heavy atom. The molecule has 0 amide bonds. The van der Waals surface area contributed by atoms with Crippen LogP contribution in [0, 0.1) is 17.8 Å². The highest BCUT2D eigenvalue weighted by atomic mass is 31.2. The molecule has 0 spiro atoms. The van der Waals surface area contributed by atoms with E-state index in [0.717, 1.165) is 4.90 Å². The molecule has 2 rings (SSSR count). The van der Waals surface area contributed by atoms with Crippen molar-refractivity contribution in [1.29, 1.82) is 0 Å². The summed E-state index contributed by atoms with van der Waals surface area (Å²) in [5, 5.41) is 9.74. The van der Waals surface area contributed by atoms with E-state index in [2.05, 4.69) is 4.76 Å². The standard InChI is InChI=1S/C31H44N3O11P/c1-20(2)25(26(35)36)34(7)29(32)33-46(39,44-27(21(3)4)42-30(37)40-18-23-14-10-8-11-15-23)45-28(22(5)6)43-31(38)41-19-24-16-12-9-13-17-24/h8-17,20-22,25,27-28H,18-19H2,1-7H3,(H,35,36)(H2,32,33,39). The molecule has 2 aromatic rings. The Kier molecular flexibility index (Phi) is 15.0. The first kappa shape index (κ1) is 38.1. The lowest BCUT2D eigenvalue weighted by atomic mass is 10.0. The number of carboxylic acid groups (broad SMARTS) is 1. The number of carbonyl (C=O) groups is 3. The van der Waals surface area contributed by atoms with Crippen LogP contribution in [0.15, 0.2) is 65.4 Å². The number of likely N-dealkylation sites (N-methyl/N-ethyl adjacent to an activating group) is 1. The molecule has 0 aliphatic rings. The highest BCUT2D eigenvalue weighted by molar-refractivity contribution is 7.52. The highest BCUT2D eigenvalue weighted by Gasteiger charge is 2.40. The fourth-order valence-electron chi connectivity index (χ4n) is 3.82. The van der Waals surface area contributed by atoms with Crippen LogP contribution in [-0.2, 0) is 50.6 Å². The molecule has 46 heavy (non-hydrogen) atoms. The number of nitrogens with zero attached hydrogens (tertiary/aromatic N) is 2. The van der Waals surface area contributed by atoms with Gasteiger partial charge < -0.3 is 34.7 Å². The van der Waals surface area contributed by atoms with E-state index in [1.807, 2.05) is 12.1 Å². The molecule has 14 nitrogen and oxygen atoms in total. The van der Waals surface area contributed by atoms with Crippen LogP contribution in [0.5, 0.6) is 0 Å². The fourth-order valence-corrected chi connectivity index (χ4v) is 5.45. The summed E-state index contributed by atoms with van der Waals surface area (Å²) in [5.74, 6) is -3.40. The van der Waals surface area contributed by atoms with Gasteiger partial charge in [0, 0.05) is 18.9 Å². The van der Waals surface area contributed by atoms with E-state index in [1.165, 1.54) is 7.05 Å². The Morgan fingerprint density at radius 2 is 1.15 bits per heavy atom. The second-order valence-corrected chi connectivity index (χ2v) is 12.8. The van der Waals surface area contributed by atoms with Crippen LogP contribution >= 0.6 is 7.75 Å². The minimum Gasteiger partial charge on any atom is -0.480 e. The van der Waals surface area contributed by atoms with Gasteiger partial charge >= 0.3 is 26.0 Å². The monoisotopic (exact) mass is 665 g/mol. The maximum Gasteiger partial charge on any atom is 0.510 e. The van der Waals surface area contributed by atoms with E-state index < -0.39 is 68.4 Å². The van der Waals surface area contributed by atoms with Crippen molar-refractivity contribution in [2.75, 3.05) is 7.05 Å². The van der Waals surface area contributed by atoms with Gasteiger partial charge in [-0.05, 0) is 17.0 Å². The van der Waals surface area contributed by atoms with E-state index in [1.54, 1.807) is 90.1 Å². The fraction of sp³-hybridized carbons (Fsp3) is 0.484. The van der Waals surface area contributed by atoms with E-state index in [4.69, 9.17) is 33.7 Å². The lowest BCUT2D eigenvalue weighted by Gasteiger charge is -2.31. The first-order valence-corrected chi connectivity index (χ1v) is 16.1. The van der Waals surface area contributed by atoms with Gasteiger partial charge in [0.1, 0.15) is 19.3 Å². The van der Waals surface area contributed by atoms with Crippen LogP contribution in [0.2, 0.25) is 0 Å². The van der Waals surface area contributed by atoms with Gasteiger partial charge in [0.05, 0.1) is 0 Å². The number of guanidine groups is 1. The zero-order valence-corrected chi connectivity index (χ0v) is 28.0. The molecule has 3 N–H and O–H groups in total. The highest BCUT2D eigenvalue weighted by Crippen LogP contribution is 2.54. The molecular weight excluding hydrogens is 621 g/mol. The van der Waals surface area contributed by atoms with Crippen LogP contribution < -0.4 is 5.73 Å². The van der Waals surface area contributed by atoms with Crippen LogP contribution in [-0.4, -0.2) is 59.9 Å². The molecule has 0 aliphatic heterocycles. The molecule has 3 unspecified atom stereocenters. The zero-order valence-electron chi connectivity index (χ0n) is 27.1. The molecule has 0 fully saturated rings. The Labute approximate surface area is 269 Å². The average molecular weight is 666 g/mol. The van der Waals surface area contributed by atoms with Crippen molar-refractivity contribution in [2.45, 2.75) is 73.4 Å². The third kappa shape index (κ3) is 12.7. The maximum atomic E-state index is 14.3. The van der Waals surface area contributed by atoms with Gasteiger partial charge in [-0.3, -0.25) is 0 Å². The Morgan fingerprint density at radius 1 is 0.761 bits per heavy atom. The SMILES string of the molecule is CC(C)C(OC(=O)OCc1ccccc1)OP(=O)(N=C(N)N(C)C(C(=O)O)C(C)C)OC(OC(=O)OCc1ccccc1)C(C)C. The molecule has 0 aromatic heterocycles. The summed E-state index contributed by atoms with van der Waals surface area (Å²) < 4.78 is 50.6. The minimum absolute atomic E-state index is 0.102. The number of carbonyl (C=O) groups excluding carboxylic acids is 2. The predicted octanol–water partition coefficient (Wildman–Crippen LogP) is 6.15. The number of benzene rings is 2. The topological polar surface area (TPSA) is 186 Å². The van der Waals surface area contributed by atoms with Crippen molar-refractivity contribution in [2.24, 2.45) is 28.3 Å². The van der Waals surface area contributed by atoms with E-state index in [9.17, 15) is 24.1 Å². The molecule has 0 heterocycles. The molecule has 15 heteroatoms. The normalized spacial score (nSPS) is 15.0. The number of rotatable bonds is 16. The smallest absolute Gasteiger partial charge is 0.480 e. The largest absolute Gasteiger partial charge is 0.510 e. The van der Waals surface area contributed by atoms with Crippen LogP contribution in [0.3, 0.4) is 0 Å². The summed E-state index contributed by atoms with van der Waals surface area (Å²) >= 11 is 0. The number of carboxylic acids is 1. The van der Waals surface area contributed by atoms with Crippen molar-refractivity contribution in [1.82, 2.24) is 4.90 Å². The van der Waals surface area contributed by atoms with E-state index >= 15 is 0 Å². The van der Waals surface area contributed by atoms with E-state index in [-0.39, 0.29) is 13.2 Å². The van der Waals surface area contributed by atoms with Gasteiger partial charge in [-0.25, -0.2) is 28.0 Å². The predicted molar refractivity (Wildman–Crippen MR) is 168 cm³/mol. The number of aliphatic carboxylic acids is 1. The number of nitrogens with two attached hydrogens (primary N) is 1. The second kappa shape index (κ2) is 18.1. The molecule has 0 saturated heterocycles. The summed E-state index contributed by atoms with van der Waals surface area (Å²) in [6.07, 6.45) is -5.35. The summed E-state index contributed by atoms with van der Waals surface area (Å²) in [7, 11) is -3.51. The number of hydrogen-bond acceptors (Lipinski definition) is 10. The zero-order chi connectivity index (χ0) is 34.4. The third-order valence-corrected chi connectivity index (χ3v) is 7.67. The van der Waals surface area contributed by atoms with Crippen molar-refractivity contribution in [3.8, 4) is 0 Å². The summed E-state index contributed by atoms with van der Waals surface area (Å²) in [6.45, 7) is 9.53. The van der Waals surface area contributed by atoms with Gasteiger partial charge in [0.25, 0.3) is 0 Å². The molecule has 3 atom stereocenters. The molecular formula is C31H44N3O11P. The number of hydrogen-bond donors (Lipinski definition) is 2. The summed E-state index contributed by atoms with van der Waals surface area (Å²) in [4.78, 5) is 38.2. The molecule has 2 aromatic carbocycles. The van der Waals surface area contributed by atoms with Gasteiger partial charge in [-0.15, -0.1) is 4.76 Å². The Hall–Kier alpha value is -4.13. The van der Waals surface area contributed by atoms with Gasteiger partial charge in [0.15, 0.2) is 0 Å². The molecule has 0 saturated carbocycles. The van der Waals surface area contributed by atoms with Gasteiger partial charge in [-0.1, -0.05) is 102 Å². The maximum absolute atomic E-state index is 14.3. The summed E-state index contributed by atoms with van der Waals surface area (Å²) in [5.41, 5.74) is 7.52. The molecule has 0 aliphatic carbocycles. The Balaban J connectivity index is 2.34. The van der Waals surface area contributed by atoms with Crippen molar-refractivity contribution < 1.29 is 52.1 Å². The minimum atomic E-state index is -4.85. The van der Waals surface area contributed by atoms with Gasteiger partial charge in [-0.2, -0.15) is 0 Å². The third-order valence-electron chi connectivity index (χ3n) is 6.27. The van der Waals surface area contributed by atoms with Gasteiger partial charge in [0.2, 0.25) is 18.5 Å². The quantitative estimate of drug-likeness (QED) is 0.0684. The summed E-state index contributed by atoms with van der Waals surface area (Å²) in [6, 6.07) is 16.5. The molecule has 0 bridgehead atoms. The lowest BCUT2D eigenvalue weighted by molar-refractivity contribution is -0.143. The van der Waals surface area contributed by atoms with Crippen molar-refractivity contribution in [3.63, 3.8) is 0 Å². The molecule has 254 valence electrons. The second-order valence-electron chi connectivity index (χ2n) is 11.3. The lowest BCUT2D eigenvalue weighted by Crippen LogP contribution is -2.48. The van der Waals surface area contributed by atoms with E-state index in [0.29, 0.717) is 11.1 Å². The Bertz CT molecular complexity index is 1260.